The second-order valence-electron chi connectivity index (χ2n) is 9.57. The monoisotopic (exact) mass is 689 g/mol. The second kappa shape index (κ2) is 11.7. The van der Waals surface area contributed by atoms with Crippen molar-refractivity contribution in [2.24, 2.45) is 5.92 Å². The molecule has 0 saturated heterocycles. The zero-order valence-corrected chi connectivity index (χ0v) is 25.0. The largest absolute Gasteiger partial charge is 0.493 e. The molecule has 0 amide bonds. The van der Waals surface area contributed by atoms with Gasteiger partial charge in [0.05, 0.1) is 17.9 Å². The van der Waals surface area contributed by atoms with Crippen molar-refractivity contribution in [1.29, 1.82) is 0 Å². The first-order valence-corrected chi connectivity index (χ1v) is 14.7. The lowest BCUT2D eigenvalue weighted by atomic mass is 9.57. The van der Waals surface area contributed by atoms with Crippen LogP contribution in [-0.4, -0.2) is 42.3 Å². The Bertz CT molecular complexity index is 1360. The Hall–Kier alpha value is -2.58. The first-order valence-electron chi connectivity index (χ1n) is 12.3. The van der Waals surface area contributed by atoms with E-state index in [0.717, 1.165) is 12.1 Å². The minimum absolute atomic E-state index is 0.0413. The summed E-state index contributed by atoms with van der Waals surface area (Å²) in [6, 6.07) is 7.89. The lowest BCUT2D eigenvalue weighted by Gasteiger charge is -2.52. The molecule has 2 aliphatic rings. The van der Waals surface area contributed by atoms with Crippen LogP contribution in [0.25, 0.3) is 0 Å². The number of methoxy groups -OCH3 is 1. The summed E-state index contributed by atoms with van der Waals surface area (Å²) in [6.07, 6.45) is -2.65. The van der Waals surface area contributed by atoms with Crippen molar-refractivity contribution in [1.82, 2.24) is 5.32 Å². The van der Waals surface area contributed by atoms with Crippen molar-refractivity contribution in [3.8, 4) is 11.5 Å². The van der Waals surface area contributed by atoms with E-state index in [1.165, 1.54) is 50.9 Å². The number of allylic oxidation sites excluding steroid dienone is 1. The Morgan fingerprint density at radius 2 is 1.75 bits per heavy atom. The number of hydrogen-bond donors (Lipinski definition) is 1. The minimum Gasteiger partial charge on any atom is -0.493 e. The molecule has 12 heteroatoms. The van der Waals surface area contributed by atoms with Crippen LogP contribution in [0.15, 0.2) is 53.1 Å². The minimum atomic E-state index is -4.46. The summed E-state index contributed by atoms with van der Waals surface area (Å²) in [5.74, 6) is -1.54. The maximum absolute atomic E-state index is 13.2. The summed E-state index contributed by atoms with van der Waals surface area (Å²) < 4.78 is 56.6. The van der Waals surface area contributed by atoms with Crippen molar-refractivity contribution in [3.05, 3.63) is 64.9 Å². The van der Waals surface area contributed by atoms with Crippen LogP contribution in [-0.2, 0) is 30.7 Å². The molecule has 7 nitrogen and oxygen atoms in total. The number of alkyl halides is 4. The number of fused-ring (bicyclic) bond motifs is 3. The van der Waals surface area contributed by atoms with E-state index in [2.05, 4.69) is 27.9 Å². The summed E-state index contributed by atoms with van der Waals surface area (Å²) in [4.78, 5) is 38.0. The molecule has 1 N–H and O–H groups in total. The molecule has 0 fully saturated rings. The van der Waals surface area contributed by atoms with Gasteiger partial charge in [-0.2, -0.15) is 13.2 Å². The molecule has 4 atom stereocenters. The van der Waals surface area contributed by atoms with Gasteiger partial charge in [0, 0.05) is 52.5 Å². The van der Waals surface area contributed by atoms with E-state index in [1.807, 2.05) is 0 Å². The first kappa shape index (κ1) is 30.4. The summed E-state index contributed by atoms with van der Waals surface area (Å²) in [6.45, 7) is 2.46. The molecule has 0 bridgehead atoms. The van der Waals surface area contributed by atoms with Crippen molar-refractivity contribution in [3.63, 3.8) is 0 Å². The fourth-order valence-electron chi connectivity index (χ4n) is 5.52. The maximum atomic E-state index is 13.2. The summed E-state index contributed by atoms with van der Waals surface area (Å²) in [5.41, 5.74) is -0.361. The number of rotatable bonds is 7. The van der Waals surface area contributed by atoms with Crippen LogP contribution in [0.4, 0.5) is 13.2 Å². The third-order valence-corrected chi connectivity index (χ3v) is 9.83. The number of carbonyl (C=O) groups is 3. The number of esters is 2. The van der Waals surface area contributed by atoms with Crippen molar-refractivity contribution < 1.29 is 41.8 Å². The van der Waals surface area contributed by atoms with Gasteiger partial charge in [-0.3, -0.25) is 14.4 Å². The summed E-state index contributed by atoms with van der Waals surface area (Å²) >= 11 is 3.55. The molecular formula is C28H27F3INO6S. The molecule has 2 aromatic rings. The van der Waals surface area contributed by atoms with Gasteiger partial charge >= 0.3 is 18.1 Å². The van der Waals surface area contributed by atoms with E-state index in [9.17, 15) is 27.6 Å². The predicted octanol–water partition coefficient (Wildman–Crippen LogP) is 5.78. The number of likely N-dealkylation sites (N-methyl/N-ethyl adjacent to an activating group) is 1. The SMILES string of the molecule is CN[C@H]1[C@H](Sc2ccc(C(F)(F)F)cc2)c2ccc(OC(C)=O)c(OC(C)=O)c2[C@]2(CI)CC(=O)C(OC)=C[C@H]12. The molecular weight excluding hydrogens is 662 g/mol. The van der Waals surface area contributed by atoms with Crippen LogP contribution in [0.3, 0.4) is 0 Å². The average molecular weight is 689 g/mol. The molecule has 0 saturated carbocycles. The molecule has 40 heavy (non-hydrogen) atoms. The number of ketones is 1. The number of Topliss-reactive ketones (excluding diaryl/α,β-unsaturated/α-hetero) is 1. The number of ether oxygens (including phenoxy) is 3. The maximum Gasteiger partial charge on any atom is 0.416 e. The fourth-order valence-corrected chi connectivity index (χ4v) is 8.04. The number of benzene rings is 2. The van der Waals surface area contributed by atoms with E-state index in [4.69, 9.17) is 14.2 Å². The van der Waals surface area contributed by atoms with Crippen LogP contribution >= 0.6 is 34.4 Å². The van der Waals surface area contributed by atoms with Crippen LogP contribution in [0.5, 0.6) is 11.5 Å². The predicted molar refractivity (Wildman–Crippen MR) is 151 cm³/mol. The quantitative estimate of drug-likeness (QED) is 0.169. The molecule has 0 heterocycles. The van der Waals surface area contributed by atoms with Crippen molar-refractivity contribution in [2.75, 3.05) is 18.6 Å². The Kier molecular flexibility index (Phi) is 8.91. The second-order valence-corrected chi connectivity index (χ2v) is 11.5. The molecule has 2 aliphatic carbocycles. The first-order chi connectivity index (χ1) is 18.9. The highest BCUT2D eigenvalue weighted by Crippen LogP contribution is 2.60. The molecule has 0 aromatic heterocycles. The molecule has 0 unspecified atom stereocenters. The van der Waals surface area contributed by atoms with Gasteiger partial charge in [0.25, 0.3) is 0 Å². The van der Waals surface area contributed by atoms with Crippen LogP contribution in [0, 0.1) is 5.92 Å². The van der Waals surface area contributed by atoms with Crippen LogP contribution in [0.1, 0.15) is 42.2 Å². The average Bonchev–Trinajstić information content (AvgIpc) is 2.89. The number of thioether (sulfide) groups is 1. The van der Waals surface area contributed by atoms with E-state index in [0.29, 0.717) is 20.4 Å². The lowest BCUT2D eigenvalue weighted by molar-refractivity contribution is -0.137. The molecule has 0 aliphatic heterocycles. The number of halogens is 4. The molecule has 214 valence electrons. The number of carbonyl (C=O) groups excluding carboxylic acids is 3. The van der Waals surface area contributed by atoms with Gasteiger partial charge < -0.3 is 19.5 Å². The Morgan fingerprint density at radius 3 is 2.27 bits per heavy atom. The third-order valence-electron chi connectivity index (χ3n) is 7.13. The molecule has 4 rings (SSSR count). The molecule has 0 radical (unpaired) electrons. The van der Waals surface area contributed by atoms with E-state index < -0.39 is 34.3 Å². The number of hydrogen-bond acceptors (Lipinski definition) is 8. The van der Waals surface area contributed by atoms with Crippen molar-refractivity contribution in [2.45, 2.75) is 48.0 Å². The van der Waals surface area contributed by atoms with Gasteiger partial charge in [-0.1, -0.05) is 28.7 Å². The Morgan fingerprint density at radius 1 is 1.10 bits per heavy atom. The van der Waals surface area contributed by atoms with E-state index >= 15 is 0 Å². The van der Waals surface area contributed by atoms with Gasteiger partial charge in [-0.15, -0.1) is 11.8 Å². The Labute approximate surface area is 247 Å². The summed E-state index contributed by atoms with van der Waals surface area (Å²) in [5, 5.41) is 2.97. The van der Waals surface area contributed by atoms with Gasteiger partial charge in [-0.05, 0) is 49.0 Å². The zero-order chi connectivity index (χ0) is 29.4. The molecule has 0 spiro atoms. The highest BCUT2D eigenvalue weighted by molar-refractivity contribution is 14.1. The summed E-state index contributed by atoms with van der Waals surface area (Å²) in [7, 11) is 3.20. The molecule has 2 aromatic carbocycles. The van der Waals surface area contributed by atoms with E-state index in [-0.39, 0.29) is 41.4 Å². The van der Waals surface area contributed by atoms with Crippen LogP contribution in [0.2, 0.25) is 0 Å². The normalized spacial score (nSPS) is 23.9. The van der Waals surface area contributed by atoms with Crippen LogP contribution < -0.4 is 14.8 Å². The van der Waals surface area contributed by atoms with Gasteiger partial charge in [0.15, 0.2) is 23.0 Å². The highest BCUT2D eigenvalue weighted by Gasteiger charge is 2.56. The standard InChI is InChI=1S/C28H27F3INO6S/c1-14(34)38-21-10-9-18-23(25(21)39-15(2)35)27(13-32)12-20(36)22(37-4)11-19(27)24(33-3)26(18)40-17-7-5-16(6-8-17)28(29,30)31/h5-11,19,24,26,33H,12-13H2,1-4H3/t19-,24-,26-,27+/m1/s1. The van der Waals surface area contributed by atoms with Gasteiger partial charge in [-0.25, -0.2) is 0 Å². The van der Waals surface area contributed by atoms with E-state index in [1.54, 1.807) is 19.2 Å². The van der Waals surface area contributed by atoms with Crippen molar-refractivity contribution >= 4 is 52.1 Å². The smallest absolute Gasteiger partial charge is 0.416 e. The lowest BCUT2D eigenvalue weighted by Crippen LogP contribution is -2.56. The topological polar surface area (TPSA) is 90.9 Å². The van der Waals surface area contributed by atoms with Gasteiger partial charge in [0.2, 0.25) is 0 Å². The number of nitrogens with one attached hydrogen (secondary N) is 1. The third kappa shape index (κ3) is 5.62. The highest BCUT2D eigenvalue weighted by atomic mass is 127. The van der Waals surface area contributed by atoms with Gasteiger partial charge in [0.1, 0.15) is 0 Å². The zero-order valence-electron chi connectivity index (χ0n) is 22.1. The fraction of sp³-hybridized carbons (Fsp3) is 0.393. The Balaban J connectivity index is 1.99.